The van der Waals surface area contributed by atoms with Crippen molar-refractivity contribution in [2.24, 2.45) is 0 Å². The van der Waals surface area contributed by atoms with Crippen molar-refractivity contribution in [3.63, 3.8) is 0 Å². The number of ketones is 1. The minimum atomic E-state index is -0.695. The Bertz CT molecular complexity index is 896. The Morgan fingerprint density at radius 1 is 1.12 bits per heavy atom. The summed E-state index contributed by atoms with van der Waals surface area (Å²) < 4.78 is 1.75. The smallest absolute Gasteiger partial charge is 0.272 e. The van der Waals surface area contributed by atoms with E-state index in [-0.39, 0.29) is 11.4 Å². The van der Waals surface area contributed by atoms with Gasteiger partial charge < -0.3 is 4.90 Å². The van der Waals surface area contributed by atoms with Gasteiger partial charge in [-0.2, -0.15) is 9.83 Å². The van der Waals surface area contributed by atoms with E-state index >= 15 is 0 Å². The van der Waals surface area contributed by atoms with Gasteiger partial charge in [0, 0.05) is 23.5 Å². The van der Waals surface area contributed by atoms with Crippen molar-refractivity contribution in [1.29, 1.82) is 5.26 Å². The second-order valence-corrected chi connectivity index (χ2v) is 6.04. The minimum absolute atomic E-state index is 0.146. The number of hydrogen-bond acceptors (Lipinski definition) is 3. The fourth-order valence-electron chi connectivity index (χ4n) is 2.92. The number of allylic oxidation sites excluding steroid dienone is 2. The molecule has 1 aromatic heterocycles. The van der Waals surface area contributed by atoms with Crippen molar-refractivity contribution in [3.05, 3.63) is 71.7 Å². The quantitative estimate of drug-likeness (QED) is 0.626. The Balaban J connectivity index is 2.21. The molecular formula is C19H16N3OS+. The number of aromatic nitrogens is 1. The highest BCUT2D eigenvalue weighted by atomic mass is 32.1. The summed E-state index contributed by atoms with van der Waals surface area (Å²) in [5.41, 5.74) is 2.65. The molecule has 1 atom stereocenters. The normalized spacial score (nSPS) is 17.9. The Morgan fingerprint density at radius 3 is 2.42 bits per heavy atom. The number of pyridine rings is 1. The average molecular weight is 334 g/mol. The van der Waals surface area contributed by atoms with Crippen LogP contribution in [0.15, 0.2) is 66.1 Å². The topological polar surface area (TPSA) is 48.0 Å². The monoisotopic (exact) mass is 334 g/mol. The summed E-state index contributed by atoms with van der Waals surface area (Å²) in [5.74, 6) is -0.263. The number of benzene rings is 1. The fourth-order valence-corrected chi connectivity index (χ4v) is 3.39. The van der Waals surface area contributed by atoms with E-state index in [1.165, 1.54) is 0 Å². The maximum atomic E-state index is 12.8. The van der Waals surface area contributed by atoms with E-state index in [4.69, 9.17) is 12.2 Å². The van der Waals surface area contributed by atoms with Crippen molar-refractivity contribution in [3.8, 4) is 6.07 Å². The number of nitrogens with zero attached hydrogens (tertiary/aromatic N) is 3. The number of Topliss-reactive ketones (excluding diaryl/α,β-unsaturated/α-hetero) is 1. The van der Waals surface area contributed by atoms with Gasteiger partial charge in [-0.15, -0.1) is 0 Å². The van der Waals surface area contributed by atoms with Crippen LogP contribution in [0.2, 0.25) is 0 Å². The molecule has 0 N–H and O–H groups in total. The minimum Gasteiger partial charge on any atom is -0.301 e. The summed E-state index contributed by atoms with van der Waals surface area (Å²) in [4.78, 5) is 15.1. The number of thiocarbonyl (C=S) groups is 1. The first-order valence-electron chi connectivity index (χ1n) is 7.57. The predicted molar refractivity (Wildman–Crippen MR) is 95.3 cm³/mol. The Hall–Kier alpha value is -2.84. The van der Waals surface area contributed by atoms with Gasteiger partial charge in [0.05, 0.1) is 0 Å². The van der Waals surface area contributed by atoms with Gasteiger partial charge in [-0.1, -0.05) is 36.5 Å². The predicted octanol–water partition coefficient (Wildman–Crippen LogP) is 3.04. The third kappa shape index (κ3) is 2.51. The molecule has 1 aliphatic heterocycles. The molecule has 0 aliphatic carbocycles. The number of anilines is 1. The first-order valence-corrected chi connectivity index (χ1v) is 7.97. The van der Waals surface area contributed by atoms with Crippen LogP contribution in [-0.2, 0) is 4.79 Å². The van der Waals surface area contributed by atoms with Crippen LogP contribution in [0.3, 0.4) is 0 Å². The maximum Gasteiger partial charge on any atom is 0.272 e. The van der Waals surface area contributed by atoms with Crippen molar-refractivity contribution < 1.29 is 9.36 Å². The molecule has 0 radical (unpaired) electrons. The van der Waals surface area contributed by atoms with Gasteiger partial charge in [-0.3, -0.25) is 4.79 Å². The molecule has 4 nitrogen and oxygen atoms in total. The summed E-state index contributed by atoms with van der Waals surface area (Å²) >= 11 is 5.67. The highest BCUT2D eigenvalue weighted by Crippen LogP contribution is 2.32. The van der Waals surface area contributed by atoms with Gasteiger partial charge in [-0.25, -0.2) is 0 Å². The second kappa shape index (κ2) is 6.34. The summed E-state index contributed by atoms with van der Waals surface area (Å²) in [5, 5.41) is 9.51. The third-order valence-corrected chi connectivity index (χ3v) is 4.56. The van der Waals surface area contributed by atoms with E-state index in [9.17, 15) is 10.1 Å². The Labute approximate surface area is 146 Å². The van der Waals surface area contributed by atoms with Crippen molar-refractivity contribution >= 4 is 28.7 Å². The van der Waals surface area contributed by atoms with Gasteiger partial charge in [0.25, 0.3) is 6.04 Å². The molecule has 1 aromatic carbocycles. The second-order valence-electron chi connectivity index (χ2n) is 5.62. The molecule has 2 heterocycles. The van der Waals surface area contributed by atoms with E-state index in [1.54, 1.807) is 23.9 Å². The lowest BCUT2D eigenvalue weighted by Gasteiger charge is -2.33. The van der Waals surface area contributed by atoms with Crippen LogP contribution in [-0.4, -0.2) is 10.8 Å². The lowest BCUT2D eigenvalue weighted by atomic mass is 9.96. The molecule has 1 aliphatic rings. The largest absolute Gasteiger partial charge is 0.301 e. The zero-order chi connectivity index (χ0) is 17.3. The van der Waals surface area contributed by atoms with Crippen LogP contribution in [0.4, 0.5) is 5.69 Å². The fraction of sp³-hybridized carbons (Fsp3) is 0.158. The molecule has 0 saturated carbocycles. The van der Waals surface area contributed by atoms with E-state index in [1.807, 2.05) is 54.3 Å². The SMILES string of the molecule is CC1=C(C#N)C(=O)C([n+]2ccccc2)C(=S)N1c1ccccc1C. The summed E-state index contributed by atoms with van der Waals surface area (Å²) in [7, 11) is 0. The van der Waals surface area contributed by atoms with Crippen molar-refractivity contribution in [2.45, 2.75) is 19.9 Å². The van der Waals surface area contributed by atoms with Gasteiger partial charge in [-0.05, 0) is 25.5 Å². The number of carbonyl (C=O) groups excluding carboxylic acids is 1. The summed E-state index contributed by atoms with van der Waals surface area (Å²) in [6, 6.07) is 14.7. The lowest BCUT2D eigenvalue weighted by Crippen LogP contribution is -2.55. The zero-order valence-corrected chi connectivity index (χ0v) is 14.2. The maximum absolute atomic E-state index is 12.8. The van der Waals surface area contributed by atoms with Crippen LogP contribution in [0, 0.1) is 18.3 Å². The summed E-state index contributed by atoms with van der Waals surface area (Å²) in [6.07, 6.45) is 3.58. The zero-order valence-electron chi connectivity index (χ0n) is 13.4. The molecule has 0 spiro atoms. The first kappa shape index (κ1) is 16.0. The molecular weight excluding hydrogens is 318 g/mol. The van der Waals surface area contributed by atoms with Crippen molar-refractivity contribution in [1.82, 2.24) is 0 Å². The standard InChI is InChI=1S/C19H16N3OS/c1-13-8-4-5-9-16(13)22-14(2)15(12-20)18(23)17(19(22)24)21-10-6-3-7-11-21/h3-11,17H,1-2H3/q+1. The molecule has 118 valence electrons. The highest BCUT2D eigenvalue weighted by Gasteiger charge is 2.44. The average Bonchev–Trinajstić information content (AvgIpc) is 2.58. The Morgan fingerprint density at radius 2 is 1.79 bits per heavy atom. The first-order chi connectivity index (χ1) is 11.6. The van der Waals surface area contributed by atoms with Gasteiger partial charge in [0.2, 0.25) is 5.78 Å². The van der Waals surface area contributed by atoms with Crippen LogP contribution >= 0.6 is 12.2 Å². The van der Waals surface area contributed by atoms with E-state index in [2.05, 4.69) is 6.07 Å². The molecule has 0 saturated heterocycles. The van der Waals surface area contributed by atoms with E-state index < -0.39 is 6.04 Å². The molecule has 2 aromatic rings. The molecule has 3 rings (SSSR count). The molecule has 1 unspecified atom stereocenters. The molecule has 0 amide bonds. The lowest BCUT2D eigenvalue weighted by molar-refractivity contribution is -0.693. The Kier molecular flexibility index (Phi) is 4.24. The van der Waals surface area contributed by atoms with E-state index in [0.717, 1.165) is 11.3 Å². The van der Waals surface area contributed by atoms with Crippen molar-refractivity contribution in [2.75, 3.05) is 4.90 Å². The van der Waals surface area contributed by atoms with Crippen LogP contribution in [0.25, 0.3) is 0 Å². The van der Waals surface area contributed by atoms with Gasteiger partial charge >= 0.3 is 0 Å². The van der Waals surface area contributed by atoms with Gasteiger partial charge in [0.1, 0.15) is 11.6 Å². The van der Waals surface area contributed by atoms with E-state index in [0.29, 0.717) is 10.7 Å². The van der Waals surface area contributed by atoms with Gasteiger partial charge in [0.15, 0.2) is 17.4 Å². The molecule has 5 heteroatoms. The highest BCUT2D eigenvalue weighted by molar-refractivity contribution is 7.80. The number of hydrogen-bond donors (Lipinski definition) is 0. The molecule has 0 bridgehead atoms. The number of carbonyl (C=O) groups is 1. The third-order valence-electron chi connectivity index (χ3n) is 4.15. The van der Waals surface area contributed by atoms with Crippen LogP contribution < -0.4 is 9.47 Å². The number of aryl methyl sites for hydroxylation is 1. The van der Waals surface area contributed by atoms with Crippen LogP contribution in [0.5, 0.6) is 0 Å². The number of rotatable bonds is 2. The summed E-state index contributed by atoms with van der Waals surface area (Å²) in [6.45, 7) is 3.75. The molecule has 0 fully saturated rings. The van der Waals surface area contributed by atoms with Crippen LogP contribution in [0.1, 0.15) is 18.5 Å². The number of para-hydroxylation sites is 1. The number of nitriles is 1. The molecule has 24 heavy (non-hydrogen) atoms.